The van der Waals surface area contributed by atoms with E-state index in [4.69, 9.17) is 0 Å². The maximum Gasteiger partial charge on any atom is 0.323 e. The van der Waals surface area contributed by atoms with E-state index in [0.29, 0.717) is 22.8 Å². The number of anilines is 2. The quantitative estimate of drug-likeness (QED) is 0.477. The molecule has 144 valence electrons. The van der Waals surface area contributed by atoms with Crippen LogP contribution in [-0.4, -0.2) is 15.4 Å². The molecule has 0 aliphatic heterocycles. The number of hydrogen-bond donors (Lipinski definition) is 2. The van der Waals surface area contributed by atoms with Gasteiger partial charge in [-0.2, -0.15) is 0 Å². The summed E-state index contributed by atoms with van der Waals surface area (Å²) in [5, 5.41) is 5.68. The second-order valence-electron chi connectivity index (χ2n) is 6.24. The van der Waals surface area contributed by atoms with Crippen LogP contribution in [0.4, 0.5) is 16.2 Å². The summed E-state index contributed by atoms with van der Waals surface area (Å²) >= 11 is 1.51. The predicted molar refractivity (Wildman–Crippen MR) is 117 cm³/mol. The Kier molecular flexibility index (Phi) is 5.58. The van der Waals surface area contributed by atoms with Crippen molar-refractivity contribution in [1.29, 1.82) is 0 Å². The minimum Gasteiger partial charge on any atom is -0.308 e. The molecule has 0 unspecified atom stereocenters. The van der Waals surface area contributed by atoms with Crippen molar-refractivity contribution < 1.29 is 4.79 Å². The number of urea groups is 1. The molecule has 2 aromatic carbocycles. The summed E-state index contributed by atoms with van der Waals surface area (Å²) in [6.45, 7) is 0. The van der Waals surface area contributed by atoms with Crippen molar-refractivity contribution in [2.45, 2.75) is 10.6 Å². The van der Waals surface area contributed by atoms with E-state index in [-0.39, 0.29) is 11.6 Å². The lowest BCUT2D eigenvalue weighted by atomic mass is 10.3. The third-order valence-electron chi connectivity index (χ3n) is 4.17. The van der Waals surface area contributed by atoms with Crippen LogP contribution in [0.5, 0.6) is 0 Å². The Morgan fingerprint density at radius 1 is 0.931 bits per heavy atom. The molecule has 6 nitrogen and oxygen atoms in total. The lowest BCUT2D eigenvalue weighted by Crippen LogP contribution is -2.19. The maximum atomic E-state index is 12.3. The summed E-state index contributed by atoms with van der Waals surface area (Å²) in [5.41, 5.74) is 2.61. The van der Waals surface area contributed by atoms with Crippen molar-refractivity contribution in [2.75, 3.05) is 10.6 Å². The number of para-hydroxylation sites is 2. The molecule has 0 saturated carbocycles. The van der Waals surface area contributed by atoms with Crippen LogP contribution in [0.1, 0.15) is 5.69 Å². The van der Waals surface area contributed by atoms with Crippen molar-refractivity contribution in [2.24, 2.45) is 0 Å². The third kappa shape index (κ3) is 4.64. The summed E-state index contributed by atoms with van der Waals surface area (Å²) < 4.78 is 1.51. The van der Waals surface area contributed by atoms with E-state index in [1.165, 1.54) is 22.2 Å². The Hall–Kier alpha value is -3.58. The van der Waals surface area contributed by atoms with Gasteiger partial charge in [0.05, 0.1) is 11.4 Å². The topological polar surface area (TPSA) is 75.5 Å². The Labute approximate surface area is 171 Å². The zero-order valence-corrected chi connectivity index (χ0v) is 16.2. The molecule has 0 aliphatic carbocycles. The normalized spacial score (nSPS) is 10.6. The SMILES string of the molecule is O=C(Nc1ccccc1)Nc1ccccc1SCc1cc(=O)n2ccccc2n1. The molecule has 7 heteroatoms. The molecule has 0 radical (unpaired) electrons. The van der Waals surface area contributed by atoms with E-state index < -0.39 is 0 Å². The summed E-state index contributed by atoms with van der Waals surface area (Å²) in [7, 11) is 0. The molecule has 2 amide bonds. The average molecular weight is 402 g/mol. The van der Waals surface area contributed by atoms with Gasteiger partial charge in [-0.25, -0.2) is 9.78 Å². The number of nitrogens with one attached hydrogen (secondary N) is 2. The molecule has 0 saturated heterocycles. The Bertz CT molecular complexity index is 1210. The van der Waals surface area contributed by atoms with Crippen LogP contribution in [0, 0.1) is 0 Å². The van der Waals surface area contributed by atoms with Gasteiger partial charge in [0.15, 0.2) is 0 Å². The standard InChI is InChI=1S/C22H18N4O2S/c27-21-14-17(23-20-12-6-7-13-26(20)21)15-29-19-11-5-4-10-18(19)25-22(28)24-16-8-2-1-3-9-16/h1-14H,15H2,(H2,24,25,28). The van der Waals surface area contributed by atoms with Crippen LogP contribution < -0.4 is 16.2 Å². The fraction of sp³-hybridized carbons (Fsp3) is 0.0455. The highest BCUT2D eigenvalue weighted by Gasteiger charge is 2.09. The summed E-state index contributed by atoms with van der Waals surface area (Å²) in [4.78, 5) is 30.0. The van der Waals surface area contributed by atoms with Gasteiger partial charge >= 0.3 is 6.03 Å². The molecular formula is C22H18N4O2S. The number of benzene rings is 2. The number of pyridine rings is 1. The molecule has 2 aromatic heterocycles. The van der Waals surface area contributed by atoms with Gasteiger partial charge in [-0.05, 0) is 36.4 Å². The largest absolute Gasteiger partial charge is 0.323 e. The first-order chi connectivity index (χ1) is 14.2. The van der Waals surface area contributed by atoms with Gasteiger partial charge in [0.1, 0.15) is 5.65 Å². The van der Waals surface area contributed by atoms with Crippen molar-refractivity contribution in [3.63, 3.8) is 0 Å². The first-order valence-electron chi connectivity index (χ1n) is 9.01. The maximum absolute atomic E-state index is 12.3. The number of aromatic nitrogens is 2. The zero-order chi connectivity index (χ0) is 20.1. The molecule has 4 aromatic rings. The molecule has 4 rings (SSSR count). The van der Waals surface area contributed by atoms with Crippen molar-refractivity contribution in [3.8, 4) is 0 Å². The predicted octanol–water partition coefficient (Wildman–Crippen LogP) is 4.63. The fourth-order valence-corrected chi connectivity index (χ4v) is 3.73. The number of amides is 2. The first kappa shape index (κ1) is 18.8. The van der Waals surface area contributed by atoms with Crippen molar-refractivity contribution >= 4 is 34.8 Å². The monoisotopic (exact) mass is 402 g/mol. The highest BCUT2D eigenvalue weighted by molar-refractivity contribution is 7.98. The first-order valence-corrected chi connectivity index (χ1v) is 10.00. The number of hydrogen-bond acceptors (Lipinski definition) is 4. The summed E-state index contributed by atoms with van der Waals surface area (Å²) in [5.74, 6) is 0.514. The highest BCUT2D eigenvalue weighted by atomic mass is 32.2. The van der Waals surface area contributed by atoms with Gasteiger partial charge in [0.25, 0.3) is 5.56 Å². The van der Waals surface area contributed by atoms with E-state index in [2.05, 4.69) is 15.6 Å². The lowest BCUT2D eigenvalue weighted by molar-refractivity contribution is 0.262. The van der Waals surface area contributed by atoms with E-state index in [1.54, 1.807) is 18.3 Å². The van der Waals surface area contributed by atoms with Crippen molar-refractivity contribution in [3.05, 3.63) is 101 Å². The minimum atomic E-state index is -0.314. The Morgan fingerprint density at radius 3 is 2.55 bits per heavy atom. The van der Waals surface area contributed by atoms with Crippen LogP contribution in [0.15, 0.2) is 94.7 Å². The van der Waals surface area contributed by atoms with Gasteiger partial charge in [0.2, 0.25) is 0 Å². The second-order valence-corrected chi connectivity index (χ2v) is 7.26. The molecule has 0 fully saturated rings. The van der Waals surface area contributed by atoms with Crippen molar-refractivity contribution in [1.82, 2.24) is 9.38 Å². The van der Waals surface area contributed by atoms with E-state index >= 15 is 0 Å². The second kappa shape index (κ2) is 8.62. The Morgan fingerprint density at radius 2 is 1.69 bits per heavy atom. The van der Waals surface area contributed by atoms with Gasteiger partial charge < -0.3 is 10.6 Å². The van der Waals surface area contributed by atoms with Gasteiger partial charge in [0, 0.05) is 28.6 Å². The molecule has 2 N–H and O–H groups in total. The molecule has 29 heavy (non-hydrogen) atoms. The average Bonchev–Trinajstić information content (AvgIpc) is 2.74. The van der Waals surface area contributed by atoms with Gasteiger partial charge in [-0.1, -0.05) is 36.4 Å². The number of nitrogens with zero attached hydrogens (tertiary/aromatic N) is 2. The summed E-state index contributed by atoms with van der Waals surface area (Å²) in [6.07, 6.45) is 1.70. The van der Waals surface area contributed by atoms with Crippen LogP contribution in [0.3, 0.4) is 0 Å². The molecular weight excluding hydrogens is 384 g/mol. The number of fused-ring (bicyclic) bond motifs is 1. The molecule has 0 atom stereocenters. The molecule has 0 bridgehead atoms. The van der Waals surface area contributed by atoms with E-state index in [0.717, 1.165) is 10.6 Å². The number of carbonyl (C=O) groups is 1. The number of carbonyl (C=O) groups excluding carboxylic acids is 1. The van der Waals surface area contributed by atoms with Crippen LogP contribution in [-0.2, 0) is 5.75 Å². The zero-order valence-electron chi connectivity index (χ0n) is 15.4. The van der Waals surface area contributed by atoms with Gasteiger partial charge in [-0.15, -0.1) is 11.8 Å². The minimum absolute atomic E-state index is 0.111. The summed E-state index contributed by atoms with van der Waals surface area (Å²) in [6, 6.07) is 23.5. The molecule has 2 heterocycles. The van der Waals surface area contributed by atoms with E-state index in [1.807, 2.05) is 60.7 Å². The number of thioether (sulfide) groups is 1. The highest BCUT2D eigenvalue weighted by Crippen LogP contribution is 2.29. The lowest BCUT2D eigenvalue weighted by Gasteiger charge is -2.12. The van der Waals surface area contributed by atoms with Gasteiger partial charge in [-0.3, -0.25) is 9.20 Å². The van der Waals surface area contributed by atoms with Crippen LogP contribution in [0.2, 0.25) is 0 Å². The fourth-order valence-electron chi connectivity index (χ4n) is 2.83. The Balaban J connectivity index is 1.47. The molecule has 0 aliphatic rings. The number of rotatable bonds is 5. The van der Waals surface area contributed by atoms with Crippen LogP contribution in [0.25, 0.3) is 5.65 Å². The molecule has 0 spiro atoms. The van der Waals surface area contributed by atoms with Crippen LogP contribution >= 0.6 is 11.8 Å². The third-order valence-corrected chi connectivity index (χ3v) is 5.27. The smallest absolute Gasteiger partial charge is 0.308 e. The van der Waals surface area contributed by atoms with E-state index in [9.17, 15) is 9.59 Å².